The molecular weight excluding hydrogens is 226 g/mol. The van der Waals surface area contributed by atoms with Crippen LogP contribution in [0, 0.1) is 6.92 Å². The fourth-order valence-corrected chi connectivity index (χ4v) is 2.59. The highest BCUT2D eigenvalue weighted by atomic mass is 16.1. The van der Waals surface area contributed by atoms with E-state index in [4.69, 9.17) is 0 Å². The Morgan fingerprint density at radius 3 is 2.89 bits per heavy atom. The van der Waals surface area contributed by atoms with Crippen molar-refractivity contribution in [3.05, 3.63) is 40.4 Å². The Labute approximate surface area is 106 Å². The Hall–Kier alpha value is -1.68. The molecule has 0 unspecified atom stereocenters. The molecule has 0 saturated carbocycles. The molecule has 0 atom stereocenters. The molecule has 1 N–H and O–H groups in total. The van der Waals surface area contributed by atoms with Gasteiger partial charge in [0.15, 0.2) is 0 Å². The normalized spacial score (nSPS) is 17.2. The van der Waals surface area contributed by atoms with Crippen LogP contribution in [0.5, 0.6) is 0 Å². The van der Waals surface area contributed by atoms with Crippen molar-refractivity contribution in [1.29, 1.82) is 0 Å². The SMILES string of the molecule is Cc1ccc2c(=O)n(C3CCNCC3)cnc2c1. The van der Waals surface area contributed by atoms with Gasteiger partial charge >= 0.3 is 0 Å². The second-order valence-electron chi connectivity index (χ2n) is 4.96. The average molecular weight is 243 g/mol. The van der Waals surface area contributed by atoms with E-state index in [2.05, 4.69) is 10.3 Å². The van der Waals surface area contributed by atoms with Gasteiger partial charge in [0.25, 0.3) is 5.56 Å². The number of fused-ring (bicyclic) bond motifs is 1. The van der Waals surface area contributed by atoms with E-state index in [0.29, 0.717) is 0 Å². The van der Waals surface area contributed by atoms with Gasteiger partial charge in [-0.15, -0.1) is 0 Å². The zero-order valence-electron chi connectivity index (χ0n) is 10.5. The molecule has 18 heavy (non-hydrogen) atoms. The molecule has 0 radical (unpaired) electrons. The molecule has 2 heterocycles. The van der Waals surface area contributed by atoms with E-state index in [9.17, 15) is 4.79 Å². The van der Waals surface area contributed by atoms with E-state index in [1.807, 2.05) is 25.1 Å². The van der Waals surface area contributed by atoms with Crippen molar-refractivity contribution in [2.75, 3.05) is 13.1 Å². The van der Waals surface area contributed by atoms with Gasteiger partial charge in [0, 0.05) is 6.04 Å². The van der Waals surface area contributed by atoms with Crippen molar-refractivity contribution in [1.82, 2.24) is 14.9 Å². The largest absolute Gasteiger partial charge is 0.317 e. The van der Waals surface area contributed by atoms with E-state index in [1.54, 1.807) is 10.9 Å². The van der Waals surface area contributed by atoms with E-state index < -0.39 is 0 Å². The summed E-state index contributed by atoms with van der Waals surface area (Å²) in [6.07, 6.45) is 3.71. The molecule has 4 nitrogen and oxygen atoms in total. The maximum Gasteiger partial charge on any atom is 0.261 e. The molecule has 1 aliphatic rings. The van der Waals surface area contributed by atoms with Crippen LogP contribution in [0.2, 0.25) is 0 Å². The highest BCUT2D eigenvalue weighted by Crippen LogP contribution is 2.17. The van der Waals surface area contributed by atoms with E-state index in [1.165, 1.54) is 0 Å². The average Bonchev–Trinajstić information content (AvgIpc) is 2.40. The third kappa shape index (κ3) is 1.93. The van der Waals surface area contributed by atoms with Gasteiger partial charge in [-0.25, -0.2) is 4.98 Å². The van der Waals surface area contributed by atoms with Crippen LogP contribution in [0.1, 0.15) is 24.4 Å². The zero-order valence-corrected chi connectivity index (χ0v) is 10.5. The highest BCUT2D eigenvalue weighted by molar-refractivity contribution is 5.77. The van der Waals surface area contributed by atoms with Gasteiger partial charge in [0.2, 0.25) is 0 Å². The van der Waals surface area contributed by atoms with E-state index in [0.717, 1.165) is 42.4 Å². The molecule has 1 saturated heterocycles. The van der Waals surface area contributed by atoms with Crippen molar-refractivity contribution in [2.45, 2.75) is 25.8 Å². The molecule has 0 bridgehead atoms. The Morgan fingerprint density at radius 1 is 1.33 bits per heavy atom. The third-order valence-electron chi connectivity index (χ3n) is 3.64. The zero-order chi connectivity index (χ0) is 12.5. The smallest absolute Gasteiger partial charge is 0.261 e. The number of nitrogens with zero attached hydrogens (tertiary/aromatic N) is 2. The summed E-state index contributed by atoms with van der Waals surface area (Å²) in [6.45, 7) is 3.96. The molecule has 0 amide bonds. The van der Waals surface area contributed by atoms with Gasteiger partial charge in [-0.2, -0.15) is 0 Å². The quantitative estimate of drug-likeness (QED) is 0.828. The summed E-state index contributed by atoms with van der Waals surface area (Å²) in [4.78, 5) is 16.9. The van der Waals surface area contributed by atoms with Crippen LogP contribution in [0.25, 0.3) is 10.9 Å². The second kappa shape index (κ2) is 4.53. The molecule has 3 rings (SSSR count). The van der Waals surface area contributed by atoms with E-state index in [-0.39, 0.29) is 11.6 Å². The van der Waals surface area contributed by atoms with Gasteiger partial charge in [-0.05, 0) is 50.6 Å². The number of piperidine rings is 1. The number of hydrogen-bond donors (Lipinski definition) is 1. The maximum absolute atomic E-state index is 12.4. The lowest BCUT2D eigenvalue weighted by Crippen LogP contribution is -2.34. The molecule has 1 fully saturated rings. The molecule has 0 aliphatic carbocycles. The molecule has 1 aliphatic heterocycles. The maximum atomic E-state index is 12.4. The Bertz CT molecular complexity index is 626. The second-order valence-corrected chi connectivity index (χ2v) is 4.96. The van der Waals surface area contributed by atoms with Crippen molar-refractivity contribution in [3.8, 4) is 0 Å². The first-order valence-electron chi connectivity index (χ1n) is 6.44. The van der Waals surface area contributed by atoms with Crippen molar-refractivity contribution in [3.63, 3.8) is 0 Å². The summed E-state index contributed by atoms with van der Waals surface area (Å²) < 4.78 is 1.80. The van der Waals surface area contributed by atoms with Crippen LogP contribution in [-0.4, -0.2) is 22.6 Å². The summed E-state index contributed by atoms with van der Waals surface area (Å²) in [7, 11) is 0. The molecule has 1 aromatic carbocycles. The Morgan fingerprint density at radius 2 is 2.11 bits per heavy atom. The minimum Gasteiger partial charge on any atom is -0.317 e. The third-order valence-corrected chi connectivity index (χ3v) is 3.64. The topological polar surface area (TPSA) is 46.9 Å². The predicted octanol–water partition coefficient (Wildman–Crippen LogP) is 1.63. The predicted molar refractivity (Wildman–Crippen MR) is 71.9 cm³/mol. The minimum atomic E-state index is 0.0897. The van der Waals surface area contributed by atoms with Gasteiger partial charge < -0.3 is 5.32 Å². The summed E-state index contributed by atoms with van der Waals surface area (Å²) in [5, 5.41) is 4.04. The standard InChI is InChI=1S/C14H17N3O/c1-10-2-3-12-13(8-10)16-9-17(14(12)18)11-4-6-15-7-5-11/h2-3,8-9,11,15H,4-7H2,1H3. The van der Waals surface area contributed by atoms with Crippen LogP contribution in [0.15, 0.2) is 29.3 Å². The molecule has 94 valence electrons. The molecule has 2 aromatic rings. The summed E-state index contributed by atoms with van der Waals surface area (Å²) in [5.74, 6) is 0. The summed E-state index contributed by atoms with van der Waals surface area (Å²) >= 11 is 0. The minimum absolute atomic E-state index is 0.0897. The first-order valence-corrected chi connectivity index (χ1v) is 6.44. The number of benzene rings is 1. The van der Waals surface area contributed by atoms with Crippen LogP contribution >= 0.6 is 0 Å². The fraction of sp³-hybridized carbons (Fsp3) is 0.429. The van der Waals surface area contributed by atoms with Crippen LogP contribution in [-0.2, 0) is 0 Å². The van der Waals surface area contributed by atoms with Gasteiger partial charge in [0.1, 0.15) is 0 Å². The van der Waals surface area contributed by atoms with Crippen LogP contribution in [0.3, 0.4) is 0 Å². The van der Waals surface area contributed by atoms with Crippen molar-refractivity contribution >= 4 is 10.9 Å². The first kappa shape index (κ1) is 11.4. The lowest BCUT2D eigenvalue weighted by atomic mass is 10.1. The van der Waals surface area contributed by atoms with Crippen LogP contribution in [0.4, 0.5) is 0 Å². The van der Waals surface area contributed by atoms with Gasteiger partial charge in [0.05, 0.1) is 17.2 Å². The lowest BCUT2D eigenvalue weighted by molar-refractivity contribution is 0.359. The number of rotatable bonds is 1. The van der Waals surface area contributed by atoms with Crippen molar-refractivity contribution < 1.29 is 0 Å². The number of hydrogen-bond acceptors (Lipinski definition) is 3. The number of aryl methyl sites for hydroxylation is 1. The monoisotopic (exact) mass is 243 g/mol. The van der Waals surface area contributed by atoms with E-state index >= 15 is 0 Å². The molecule has 0 spiro atoms. The molecular formula is C14H17N3O. The Balaban J connectivity index is 2.11. The molecule has 1 aromatic heterocycles. The number of aromatic nitrogens is 2. The van der Waals surface area contributed by atoms with Crippen LogP contribution < -0.4 is 10.9 Å². The van der Waals surface area contributed by atoms with Gasteiger partial charge in [-0.3, -0.25) is 9.36 Å². The lowest BCUT2D eigenvalue weighted by Gasteiger charge is -2.24. The molecule has 4 heteroatoms. The fourth-order valence-electron chi connectivity index (χ4n) is 2.59. The first-order chi connectivity index (χ1) is 8.75. The van der Waals surface area contributed by atoms with Gasteiger partial charge in [-0.1, -0.05) is 6.07 Å². The number of nitrogens with one attached hydrogen (secondary N) is 1. The summed E-state index contributed by atoms with van der Waals surface area (Å²) in [6, 6.07) is 6.11. The highest BCUT2D eigenvalue weighted by Gasteiger charge is 2.17. The Kier molecular flexibility index (Phi) is 2.88. The summed E-state index contributed by atoms with van der Waals surface area (Å²) in [5.41, 5.74) is 2.02. The van der Waals surface area contributed by atoms with Crippen molar-refractivity contribution in [2.24, 2.45) is 0 Å².